The van der Waals surface area contributed by atoms with E-state index in [0.717, 1.165) is 17.3 Å². The summed E-state index contributed by atoms with van der Waals surface area (Å²) in [5.74, 6) is 1.33. The Morgan fingerprint density at radius 3 is 2.57 bits per heavy atom. The van der Waals surface area contributed by atoms with Crippen LogP contribution < -0.4 is 15.4 Å². The summed E-state index contributed by atoms with van der Waals surface area (Å²) in [4.78, 5) is 15.0. The number of ether oxygens (including phenoxy) is 2. The van der Waals surface area contributed by atoms with Crippen molar-refractivity contribution in [1.29, 1.82) is 0 Å². The summed E-state index contributed by atoms with van der Waals surface area (Å²) in [6.45, 7) is 1.19. The molecule has 0 unspecified atom stereocenters. The van der Waals surface area contributed by atoms with Gasteiger partial charge in [0.05, 0.1) is 13.7 Å². The first kappa shape index (κ1) is 16.8. The summed E-state index contributed by atoms with van der Waals surface area (Å²) in [6.07, 6.45) is 1.02. The van der Waals surface area contributed by atoms with Gasteiger partial charge in [-0.3, -0.25) is 9.79 Å². The quantitative estimate of drug-likeness (QED) is 0.343. The van der Waals surface area contributed by atoms with E-state index in [-0.39, 0.29) is 5.97 Å². The third kappa shape index (κ3) is 6.65. The van der Waals surface area contributed by atoms with E-state index in [1.165, 1.54) is 7.11 Å². The maximum absolute atomic E-state index is 10.9. The number of hydrogen-bond acceptors (Lipinski definition) is 4. The summed E-state index contributed by atoms with van der Waals surface area (Å²) in [5.41, 5.74) is 1.13. The van der Waals surface area contributed by atoms with E-state index in [4.69, 9.17) is 4.74 Å². The van der Waals surface area contributed by atoms with Crippen LogP contribution in [0.4, 0.5) is 0 Å². The first-order chi connectivity index (χ1) is 10.2. The molecule has 2 N–H and O–H groups in total. The predicted molar refractivity (Wildman–Crippen MR) is 82.4 cm³/mol. The Balaban J connectivity index is 2.31. The number of hydrogen-bond donors (Lipinski definition) is 2. The minimum absolute atomic E-state index is 0.210. The topological polar surface area (TPSA) is 72.0 Å². The highest BCUT2D eigenvalue weighted by Crippen LogP contribution is 2.12. The van der Waals surface area contributed by atoms with Crippen LogP contribution in [0.1, 0.15) is 18.4 Å². The highest BCUT2D eigenvalue weighted by Gasteiger charge is 2.01. The highest BCUT2D eigenvalue weighted by molar-refractivity contribution is 5.79. The minimum Gasteiger partial charge on any atom is -0.494 e. The number of methoxy groups -OCH3 is 1. The number of nitrogens with zero attached hydrogens (tertiary/aromatic N) is 1. The maximum atomic E-state index is 10.9. The fraction of sp³-hybridized carbons (Fsp3) is 0.467. The van der Waals surface area contributed by atoms with Gasteiger partial charge in [0.2, 0.25) is 0 Å². The van der Waals surface area contributed by atoms with E-state index < -0.39 is 0 Å². The summed E-state index contributed by atoms with van der Waals surface area (Å²) < 4.78 is 10.1. The molecular formula is C15H23N3O3. The molecule has 6 heteroatoms. The molecule has 116 valence electrons. The van der Waals surface area contributed by atoms with Crippen molar-refractivity contribution in [3.63, 3.8) is 0 Å². The molecule has 1 rings (SSSR count). The molecule has 0 fully saturated rings. The predicted octanol–water partition coefficient (Wildman–Crippen LogP) is 1.31. The van der Waals surface area contributed by atoms with E-state index in [0.29, 0.717) is 26.0 Å². The molecule has 1 aromatic carbocycles. The van der Waals surface area contributed by atoms with Gasteiger partial charge in [-0.1, -0.05) is 12.1 Å². The van der Waals surface area contributed by atoms with Crippen LogP contribution in [-0.2, 0) is 16.1 Å². The van der Waals surface area contributed by atoms with Gasteiger partial charge in [0, 0.05) is 27.1 Å². The second kappa shape index (κ2) is 9.63. The Hall–Kier alpha value is -2.24. The van der Waals surface area contributed by atoms with E-state index in [1.54, 1.807) is 7.05 Å². The lowest BCUT2D eigenvalue weighted by Crippen LogP contribution is -2.34. The molecule has 0 saturated heterocycles. The maximum Gasteiger partial charge on any atom is 0.305 e. The lowest BCUT2D eigenvalue weighted by Gasteiger charge is -2.09. The zero-order valence-electron chi connectivity index (χ0n) is 12.8. The Morgan fingerprint density at radius 1 is 1.29 bits per heavy atom. The van der Waals surface area contributed by atoms with Gasteiger partial charge in [-0.05, 0) is 24.1 Å². The molecule has 0 spiro atoms. The Morgan fingerprint density at radius 2 is 2.00 bits per heavy atom. The van der Waals surface area contributed by atoms with Gasteiger partial charge in [0.15, 0.2) is 5.96 Å². The van der Waals surface area contributed by atoms with Crippen LogP contribution in [0.25, 0.3) is 0 Å². The van der Waals surface area contributed by atoms with Gasteiger partial charge >= 0.3 is 5.97 Å². The minimum atomic E-state index is -0.210. The Kier molecular flexibility index (Phi) is 7.71. The van der Waals surface area contributed by atoms with Crippen LogP contribution in [0.2, 0.25) is 0 Å². The van der Waals surface area contributed by atoms with Crippen LogP contribution in [0.5, 0.6) is 5.75 Å². The molecule has 0 aliphatic carbocycles. The molecule has 0 saturated carbocycles. The van der Waals surface area contributed by atoms with Gasteiger partial charge in [-0.2, -0.15) is 0 Å². The molecule has 21 heavy (non-hydrogen) atoms. The summed E-state index contributed by atoms with van der Waals surface area (Å²) in [7, 11) is 4.93. The summed E-state index contributed by atoms with van der Waals surface area (Å²) >= 11 is 0. The Bertz CT molecular complexity index is 458. The van der Waals surface area contributed by atoms with Crippen LogP contribution >= 0.6 is 0 Å². The lowest BCUT2D eigenvalue weighted by molar-refractivity contribution is -0.140. The molecule has 1 aromatic rings. The first-order valence-electron chi connectivity index (χ1n) is 6.86. The van der Waals surface area contributed by atoms with Gasteiger partial charge in [0.1, 0.15) is 5.75 Å². The molecule has 0 atom stereocenters. The normalized spacial score (nSPS) is 10.9. The van der Waals surface area contributed by atoms with Crippen molar-refractivity contribution in [3.05, 3.63) is 29.8 Å². The van der Waals surface area contributed by atoms with E-state index in [2.05, 4.69) is 20.4 Å². The van der Waals surface area contributed by atoms with Crippen LogP contribution in [-0.4, -0.2) is 39.7 Å². The van der Waals surface area contributed by atoms with E-state index in [9.17, 15) is 4.79 Å². The SMILES string of the molecule is CN=C(NC)NCc1ccc(OCCCC(=O)OC)cc1. The number of benzene rings is 1. The van der Waals surface area contributed by atoms with E-state index in [1.807, 2.05) is 31.3 Å². The van der Waals surface area contributed by atoms with E-state index >= 15 is 0 Å². The zero-order chi connectivity index (χ0) is 15.5. The fourth-order valence-electron chi connectivity index (χ4n) is 1.68. The van der Waals surface area contributed by atoms with Crippen LogP contribution in [0, 0.1) is 0 Å². The van der Waals surface area contributed by atoms with Crippen molar-refractivity contribution >= 4 is 11.9 Å². The van der Waals surface area contributed by atoms with Crippen molar-refractivity contribution in [2.45, 2.75) is 19.4 Å². The first-order valence-corrected chi connectivity index (χ1v) is 6.86. The standard InChI is InChI=1S/C15H23N3O3/c1-16-15(17-2)18-11-12-6-8-13(9-7-12)21-10-4-5-14(19)20-3/h6-9H,4-5,10-11H2,1-3H3,(H2,16,17,18). The molecule has 0 radical (unpaired) electrons. The van der Waals surface area contributed by atoms with Crippen molar-refractivity contribution in [2.24, 2.45) is 4.99 Å². The third-order valence-corrected chi connectivity index (χ3v) is 2.87. The number of carbonyl (C=O) groups excluding carboxylic acids is 1. The highest BCUT2D eigenvalue weighted by atomic mass is 16.5. The molecule has 0 amide bonds. The number of nitrogens with one attached hydrogen (secondary N) is 2. The number of guanidine groups is 1. The van der Waals surface area contributed by atoms with Gasteiger partial charge in [0.25, 0.3) is 0 Å². The molecule has 0 aromatic heterocycles. The van der Waals surface area contributed by atoms with Crippen molar-refractivity contribution < 1.29 is 14.3 Å². The molecule has 0 aliphatic heterocycles. The Labute approximate surface area is 125 Å². The second-order valence-electron chi connectivity index (χ2n) is 4.35. The third-order valence-electron chi connectivity index (χ3n) is 2.87. The summed E-state index contributed by atoms with van der Waals surface area (Å²) in [6, 6.07) is 7.81. The zero-order valence-corrected chi connectivity index (χ0v) is 12.8. The molecule has 0 bridgehead atoms. The van der Waals surface area contributed by atoms with Gasteiger partial charge in [-0.25, -0.2) is 0 Å². The average molecular weight is 293 g/mol. The number of rotatable bonds is 7. The molecule has 6 nitrogen and oxygen atoms in total. The molecular weight excluding hydrogens is 270 g/mol. The monoisotopic (exact) mass is 293 g/mol. The van der Waals surface area contributed by atoms with Crippen molar-refractivity contribution in [3.8, 4) is 5.75 Å². The van der Waals surface area contributed by atoms with Crippen LogP contribution in [0.3, 0.4) is 0 Å². The number of aliphatic imine (C=N–C) groups is 1. The second-order valence-corrected chi connectivity index (χ2v) is 4.35. The largest absolute Gasteiger partial charge is 0.494 e. The number of esters is 1. The van der Waals surface area contributed by atoms with Crippen molar-refractivity contribution in [1.82, 2.24) is 10.6 Å². The molecule has 0 aliphatic rings. The number of carbonyl (C=O) groups is 1. The average Bonchev–Trinajstić information content (AvgIpc) is 2.53. The molecule has 0 heterocycles. The van der Waals surface area contributed by atoms with Gasteiger partial charge < -0.3 is 20.1 Å². The van der Waals surface area contributed by atoms with Gasteiger partial charge in [-0.15, -0.1) is 0 Å². The fourth-order valence-corrected chi connectivity index (χ4v) is 1.68. The smallest absolute Gasteiger partial charge is 0.305 e. The summed E-state index contributed by atoms with van der Waals surface area (Å²) in [5, 5.41) is 6.13. The lowest BCUT2D eigenvalue weighted by atomic mass is 10.2. The van der Waals surface area contributed by atoms with Crippen LogP contribution in [0.15, 0.2) is 29.3 Å². The van der Waals surface area contributed by atoms with Crippen molar-refractivity contribution in [2.75, 3.05) is 27.8 Å².